The average Bonchev–Trinajstić information content (AvgIpc) is 3.45. The predicted octanol–water partition coefficient (Wildman–Crippen LogP) is 5.54. The minimum Gasteiger partial charge on any atom is -0.457 e. The van der Waals surface area contributed by atoms with Crippen LogP contribution in [-0.4, -0.2) is 21.9 Å². The molecule has 9 heteroatoms. The Morgan fingerprint density at radius 1 is 0.967 bits per heavy atom. The zero-order valence-electron chi connectivity index (χ0n) is 15.8. The maximum atomic E-state index is 12.0. The molecule has 0 aliphatic carbocycles. The molecule has 0 radical (unpaired) electrons. The van der Waals surface area contributed by atoms with Gasteiger partial charge in [-0.1, -0.05) is 47.4 Å². The van der Waals surface area contributed by atoms with E-state index in [2.05, 4.69) is 20.8 Å². The van der Waals surface area contributed by atoms with Gasteiger partial charge in [-0.05, 0) is 47.8 Å². The molecule has 0 unspecified atom stereocenters. The van der Waals surface area contributed by atoms with E-state index in [9.17, 15) is 4.79 Å². The SMILES string of the molecule is O=C(CSc1nnc(Nc2ccc(Oc3ccccc3)cc2)s1)NCc1cccs1. The van der Waals surface area contributed by atoms with Crippen molar-refractivity contribution < 1.29 is 9.53 Å². The molecule has 0 aliphatic heterocycles. The maximum Gasteiger partial charge on any atom is 0.230 e. The number of nitrogens with one attached hydrogen (secondary N) is 2. The van der Waals surface area contributed by atoms with E-state index in [-0.39, 0.29) is 5.91 Å². The minimum absolute atomic E-state index is 0.0212. The molecule has 0 fully saturated rings. The topological polar surface area (TPSA) is 76.1 Å². The number of ether oxygens (including phenoxy) is 1. The molecule has 4 aromatic rings. The molecule has 1 amide bonds. The van der Waals surface area contributed by atoms with Crippen LogP contribution < -0.4 is 15.4 Å². The van der Waals surface area contributed by atoms with Gasteiger partial charge in [-0.3, -0.25) is 4.79 Å². The van der Waals surface area contributed by atoms with E-state index < -0.39 is 0 Å². The average molecular weight is 455 g/mol. The number of nitrogens with zero attached hydrogens (tertiary/aromatic N) is 2. The van der Waals surface area contributed by atoms with E-state index in [0.717, 1.165) is 26.4 Å². The highest BCUT2D eigenvalue weighted by Gasteiger charge is 2.09. The number of hydrogen-bond acceptors (Lipinski definition) is 8. The van der Waals surface area contributed by atoms with Gasteiger partial charge in [0.05, 0.1) is 12.3 Å². The first-order chi connectivity index (χ1) is 14.7. The molecule has 0 spiro atoms. The van der Waals surface area contributed by atoms with Crippen molar-refractivity contribution >= 4 is 51.2 Å². The number of rotatable bonds is 9. The molecular weight excluding hydrogens is 436 g/mol. The molecule has 2 N–H and O–H groups in total. The summed E-state index contributed by atoms with van der Waals surface area (Å²) in [6.45, 7) is 0.559. The third kappa shape index (κ3) is 6.06. The normalized spacial score (nSPS) is 10.5. The highest BCUT2D eigenvalue weighted by Crippen LogP contribution is 2.29. The molecule has 0 aliphatic rings. The van der Waals surface area contributed by atoms with Gasteiger partial charge in [0, 0.05) is 10.6 Å². The van der Waals surface area contributed by atoms with E-state index in [4.69, 9.17) is 4.74 Å². The Hall–Kier alpha value is -2.88. The molecule has 0 bridgehead atoms. The largest absolute Gasteiger partial charge is 0.457 e. The number of thiophene rings is 1. The van der Waals surface area contributed by atoms with Crippen molar-refractivity contribution in [1.29, 1.82) is 0 Å². The van der Waals surface area contributed by atoms with E-state index in [1.807, 2.05) is 72.1 Å². The quantitative estimate of drug-likeness (QED) is 0.323. The van der Waals surface area contributed by atoms with Crippen molar-refractivity contribution in [2.24, 2.45) is 0 Å². The van der Waals surface area contributed by atoms with E-state index in [1.165, 1.54) is 23.1 Å². The van der Waals surface area contributed by atoms with Gasteiger partial charge in [-0.15, -0.1) is 21.5 Å². The van der Waals surface area contributed by atoms with Crippen LogP contribution in [0.15, 0.2) is 76.4 Å². The van der Waals surface area contributed by atoms with Crippen molar-refractivity contribution in [2.75, 3.05) is 11.1 Å². The van der Waals surface area contributed by atoms with Crippen LogP contribution in [0.1, 0.15) is 4.88 Å². The minimum atomic E-state index is -0.0212. The lowest BCUT2D eigenvalue weighted by atomic mass is 10.3. The fourth-order valence-electron chi connectivity index (χ4n) is 2.45. The van der Waals surface area contributed by atoms with Gasteiger partial charge in [0.15, 0.2) is 4.34 Å². The Labute approximate surface area is 186 Å². The van der Waals surface area contributed by atoms with Gasteiger partial charge in [0.2, 0.25) is 11.0 Å². The van der Waals surface area contributed by atoms with Crippen molar-refractivity contribution in [1.82, 2.24) is 15.5 Å². The summed E-state index contributed by atoms with van der Waals surface area (Å²) in [4.78, 5) is 13.1. The van der Waals surface area contributed by atoms with Crippen LogP contribution in [0.5, 0.6) is 11.5 Å². The van der Waals surface area contributed by atoms with Crippen molar-refractivity contribution in [2.45, 2.75) is 10.9 Å². The zero-order chi connectivity index (χ0) is 20.6. The molecule has 30 heavy (non-hydrogen) atoms. The lowest BCUT2D eigenvalue weighted by Crippen LogP contribution is -2.24. The number of anilines is 2. The van der Waals surface area contributed by atoms with Crippen LogP contribution in [0.25, 0.3) is 0 Å². The summed E-state index contributed by atoms with van der Waals surface area (Å²) in [5.74, 6) is 1.84. The molecular formula is C21H18N4O2S3. The number of carbonyl (C=O) groups is 1. The van der Waals surface area contributed by atoms with Gasteiger partial charge in [0.1, 0.15) is 11.5 Å². The highest BCUT2D eigenvalue weighted by molar-refractivity contribution is 8.01. The smallest absolute Gasteiger partial charge is 0.230 e. The molecule has 0 saturated carbocycles. The number of carbonyl (C=O) groups excluding carboxylic acids is 1. The molecule has 152 valence electrons. The Bertz CT molecular complexity index is 1070. The van der Waals surface area contributed by atoms with Crippen molar-refractivity contribution in [3.05, 3.63) is 77.0 Å². The van der Waals surface area contributed by atoms with Crippen molar-refractivity contribution in [3.8, 4) is 11.5 Å². The third-order valence-corrected chi connectivity index (χ3v) is 6.71. The van der Waals surface area contributed by atoms with Gasteiger partial charge < -0.3 is 15.4 Å². The zero-order valence-corrected chi connectivity index (χ0v) is 18.2. The second-order valence-corrected chi connectivity index (χ2v) is 9.31. The summed E-state index contributed by atoms with van der Waals surface area (Å²) < 4.78 is 6.54. The monoisotopic (exact) mass is 454 g/mol. The van der Waals surface area contributed by atoms with Crippen LogP contribution in [0.4, 0.5) is 10.8 Å². The summed E-state index contributed by atoms with van der Waals surface area (Å²) in [6.07, 6.45) is 0. The van der Waals surface area contributed by atoms with Crippen LogP contribution in [-0.2, 0) is 11.3 Å². The maximum absolute atomic E-state index is 12.0. The summed E-state index contributed by atoms with van der Waals surface area (Å²) in [5, 5.41) is 17.1. The van der Waals surface area contributed by atoms with E-state index >= 15 is 0 Å². The number of amides is 1. The van der Waals surface area contributed by atoms with Gasteiger partial charge in [0.25, 0.3) is 0 Å². The predicted molar refractivity (Wildman–Crippen MR) is 123 cm³/mol. The number of para-hydroxylation sites is 1. The van der Waals surface area contributed by atoms with Crippen molar-refractivity contribution in [3.63, 3.8) is 0 Å². The molecule has 0 saturated heterocycles. The second kappa shape index (κ2) is 10.2. The van der Waals surface area contributed by atoms with Crippen LogP contribution in [0.2, 0.25) is 0 Å². The Morgan fingerprint density at radius 2 is 1.77 bits per heavy atom. The first-order valence-corrected chi connectivity index (χ1v) is 11.8. The van der Waals surface area contributed by atoms with Crippen LogP contribution in [0.3, 0.4) is 0 Å². The number of benzene rings is 2. The summed E-state index contributed by atoms with van der Waals surface area (Å²) in [6, 6.07) is 21.2. The molecule has 4 rings (SSSR count). The standard InChI is InChI=1S/C21H18N4O2S3/c26-19(22-13-18-7-4-12-28-18)14-29-21-25-24-20(30-21)23-15-8-10-17(11-9-15)27-16-5-2-1-3-6-16/h1-12H,13-14H2,(H,22,26)(H,23,24). The van der Waals surface area contributed by atoms with Gasteiger partial charge in [-0.25, -0.2) is 0 Å². The van der Waals surface area contributed by atoms with Crippen LogP contribution in [0, 0.1) is 0 Å². The lowest BCUT2D eigenvalue weighted by molar-refractivity contribution is -0.118. The van der Waals surface area contributed by atoms with Gasteiger partial charge >= 0.3 is 0 Å². The fourth-order valence-corrected chi connectivity index (χ4v) is 4.70. The number of thioether (sulfide) groups is 1. The Kier molecular flexibility index (Phi) is 6.96. The van der Waals surface area contributed by atoms with Crippen LogP contribution >= 0.6 is 34.4 Å². The lowest BCUT2D eigenvalue weighted by Gasteiger charge is -2.06. The molecule has 2 aromatic heterocycles. The third-order valence-electron chi connectivity index (χ3n) is 3.86. The number of aromatic nitrogens is 2. The first-order valence-electron chi connectivity index (χ1n) is 9.10. The fraction of sp³-hybridized carbons (Fsp3) is 0.0952. The highest BCUT2D eigenvalue weighted by atomic mass is 32.2. The van der Waals surface area contributed by atoms with E-state index in [1.54, 1.807) is 11.3 Å². The molecule has 2 heterocycles. The summed E-state index contributed by atoms with van der Waals surface area (Å²) in [5.41, 5.74) is 0.886. The Balaban J connectivity index is 1.24. The van der Waals surface area contributed by atoms with Gasteiger partial charge in [-0.2, -0.15) is 0 Å². The second-order valence-electron chi connectivity index (χ2n) is 6.08. The Morgan fingerprint density at radius 3 is 2.53 bits per heavy atom. The number of hydrogen-bond donors (Lipinski definition) is 2. The summed E-state index contributed by atoms with van der Waals surface area (Å²) in [7, 11) is 0. The molecule has 2 aromatic carbocycles. The van der Waals surface area contributed by atoms with E-state index in [0.29, 0.717) is 17.4 Å². The summed E-state index contributed by atoms with van der Waals surface area (Å²) >= 11 is 4.42. The molecule has 6 nitrogen and oxygen atoms in total. The first kappa shape index (κ1) is 20.4. The molecule has 0 atom stereocenters.